The highest BCUT2D eigenvalue weighted by Gasteiger charge is 2.33. The van der Waals surface area contributed by atoms with E-state index in [1.54, 1.807) is 0 Å². The van der Waals surface area contributed by atoms with E-state index in [0.29, 0.717) is 23.4 Å². The van der Waals surface area contributed by atoms with E-state index >= 15 is 0 Å². The topological polar surface area (TPSA) is 90.3 Å². The number of carbonyl (C=O) groups excluding carboxylic acids is 1. The van der Waals surface area contributed by atoms with Gasteiger partial charge in [0.05, 0.1) is 10.5 Å². The maximum Gasteiger partial charge on any atom is 0.243 e. The fraction of sp³-hybridized carbons (Fsp3) is 0.455. The molecule has 31 heavy (non-hydrogen) atoms. The number of piperidine rings is 1. The van der Waals surface area contributed by atoms with Crippen molar-refractivity contribution in [1.82, 2.24) is 4.31 Å². The number of nitrogens with zero attached hydrogens (tertiary/aromatic N) is 2. The van der Waals surface area contributed by atoms with Gasteiger partial charge in [-0.3, -0.25) is 4.79 Å². The van der Waals surface area contributed by atoms with Gasteiger partial charge in [0.1, 0.15) is 16.9 Å². The number of nitriles is 1. The molecule has 0 radical (unpaired) electrons. The van der Waals surface area contributed by atoms with Crippen LogP contribution >= 0.6 is 11.3 Å². The highest BCUT2D eigenvalue weighted by atomic mass is 32.2. The molecule has 9 heteroatoms. The van der Waals surface area contributed by atoms with Gasteiger partial charge in [0.2, 0.25) is 15.9 Å². The molecule has 2 heterocycles. The second-order valence-corrected chi connectivity index (χ2v) is 11.0. The van der Waals surface area contributed by atoms with E-state index in [9.17, 15) is 22.9 Å². The molecule has 2 aromatic rings. The highest BCUT2D eigenvalue weighted by molar-refractivity contribution is 7.89. The minimum atomic E-state index is -3.71. The van der Waals surface area contributed by atoms with Crippen LogP contribution in [0.4, 0.5) is 9.39 Å². The van der Waals surface area contributed by atoms with Crippen molar-refractivity contribution in [2.45, 2.75) is 49.8 Å². The first-order chi connectivity index (χ1) is 14.9. The van der Waals surface area contributed by atoms with Crippen molar-refractivity contribution in [3.63, 3.8) is 0 Å². The molecule has 164 valence electrons. The van der Waals surface area contributed by atoms with Crippen LogP contribution in [0.5, 0.6) is 0 Å². The number of hydrogen-bond acceptors (Lipinski definition) is 5. The zero-order chi connectivity index (χ0) is 22.0. The predicted octanol–water partition coefficient (Wildman–Crippen LogP) is 4.07. The van der Waals surface area contributed by atoms with Gasteiger partial charge in [-0.15, -0.1) is 11.3 Å². The number of benzene rings is 1. The fourth-order valence-electron chi connectivity index (χ4n) is 4.28. The summed E-state index contributed by atoms with van der Waals surface area (Å²) in [5, 5.41) is 13.2. The van der Waals surface area contributed by atoms with Gasteiger partial charge in [-0.05, 0) is 68.4 Å². The summed E-state index contributed by atoms with van der Waals surface area (Å²) < 4.78 is 40.0. The second kappa shape index (κ2) is 9.07. The Kier molecular flexibility index (Phi) is 6.42. The van der Waals surface area contributed by atoms with Crippen molar-refractivity contribution in [3.8, 4) is 6.07 Å². The number of halogens is 1. The first-order valence-corrected chi connectivity index (χ1v) is 12.8. The Labute approximate surface area is 185 Å². The number of hydrogen-bond donors (Lipinski definition) is 1. The molecule has 1 aliphatic carbocycles. The number of amides is 1. The standard InChI is InChI=1S/C22H24FN3O3S2/c23-16-6-8-17(9-7-16)31(28,29)26-12-10-15(11-13-26)21(27)25-22-19(14-24)18-4-2-1-3-5-20(18)30-22/h6-9,15H,1-5,10-13H2,(H,25,27). The van der Waals surface area contributed by atoms with Crippen LogP contribution in [-0.2, 0) is 27.7 Å². The monoisotopic (exact) mass is 461 g/mol. The van der Waals surface area contributed by atoms with Gasteiger partial charge < -0.3 is 5.32 Å². The van der Waals surface area contributed by atoms with Crippen LogP contribution < -0.4 is 5.32 Å². The smallest absolute Gasteiger partial charge is 0.243 e. The van der Waals surface area contributed by atoms with Gasteiger partial charge in [0.15, 0.2) is 0 Å². The average molecular weight is 462 g/mol. The van der Waals surface area contributed by atoms with Gasteiger partial charge in [0, 0.05) is 23.9 Å². The summed E-state index contributed by atoms with van der Waals surface area (Å²) in [4.78, 5) is 14.1. The lowest BCUT2D eigenvalue weighted by molar-refractivity contribution is -0.120. The third-order valence-electron chi connectivity index (χ3n) is 6.05. The third-order valence-corrected chi connectivity index (χ3v) is 9.17. The lowest BCUT2D eigenvalue weighted by atomic mass is 9.97. The zero-order valence-electron chi connectivity index (χ0n) is 17.1. The van der Waals surface area contributed by atoms with Gasteiger partial charge in [-0.25, -0.2) is 12.8 Å². The third kappa shape index (κ3) is 4.52. The molecule has 1 aromatic heterocycles. The highest BCUT2D eigenvalue weighted by Crippen LogP contribution is 2.37. The van der Waals surface area contributed by atoms with E-state index in [1.165, 1.54) is 32.7 Å². The van der Waals surface area contributed by atoms with Crippen LogP contribution in [0.15, 0.2) is 29.2 Å². The van der Waals surface area contributed by atoms with Gasteiger partial charge in [0.25, 0.3) is 0 Å². The van der Waals surface area contributed by atoms with Gasteiger partial charge >= 0.3 is 0 Å². The molecule has 2 aliphatic rings. The van der Waals surface area contributed by atoms with E-state index in [0.717, 1.165) is 49.8 Å². The van der Waals surface area contributed by atoms with Crippen LogP contribution in [0.3, 0.4) is 0 Å². The molecule has 0 atom stereocenters. The van der Waals surface area contributed by atoms with Crippen LogP contribution in [-0.4, -0.2) is 31.7 Å². The molecule has 6 nitrogen and oxygen atoms in total. The number of nitrogens with one attached hydrogen (secondary N) is 1. The number of rotatable bonds is 4. The molecule has 1 fully saturated rings. The lowest BCUT2D eigenvalue weighted by Gasteiger charge is -2.30. The molecule has 0 spiro atoms. The Bertz CT molecular complexity index is 1110. The Morgan fingerprint density at radius 1 is 1.13 bits per heavy atom. The van der Waals surface area contributed by atoms with E-state index in [-0.39, 0.29) is 29.8 Å². The molecule has 4 rings (SSSR count). The van der Waals surface area contributed by atoms with Crippen molar-refractivity contribution in [2.75, 3.05) is 18.4 Å². The quantitative estimate of drug-likeness (QED) is 0.695. The van der Waals surface area contributed by atoms with Crippen molar-refractivity contribution >= 4 is 32.3 Å². The summed E-state index contributed by atoms with van der Waals surface area (Å²) in [7, 11) is -3.71. The summed E-state index contributed by atoms with van der Waals surface area (Å²) >= 11 is 1.50. The van der Waals surface area contributed by atoms with E-state index < -0.39 is 15.8 Å². The normalized spacial score (nSPS) is 18.1. The molecular weight excluding hydrogens is 437 g/mol. The van der Waals surface area contributed by atoms with Gasteiger partial charge in [-0.2, -0.15) is 9.57 Å². The maximum atomic E-state index is 13.1. The number of thiophene rings is 1. The number of sulfonamides is 1. The predicted molar refractivity (Wildman–Crippen MR) is 117 cm³/mol. The summed E-state index contributed by atoms with van der Waals surface area (Å²) in [6.07, 6.45) is 5.96. The summed E-state index contributed by atoms with van der Waals surface area (Å²) in [5.41, 5.74) is 1.67. The number of aryl methyl sites for hydroxylation is 1. The minimum absolute atomic E-state index is 0.0514. The van der Waals surface area contributed by atoms with Crippen LogP contribution in [0.2, 0.25) is 0 Å². The van der Waals surface area contributed by atoms with Crippen molar-refractivity contribution < 1.29 is 17.6 Å². The molecule has 0 unspecified atom stereocenters. The van der Waals surface area contributed by atoms with Crippen molar-refractivity contribution in [3.05, 3.63) is 46.1 Å². The SMILES string of the molecule is N#Cc1c(NC(=O)C2CCN(S(=O)(=O)c3ccc(F)cc3)CC2)sc2c1CCCCC2. The number of carbonyl (C=O) groups is 1. The summed E-state index contributed by atoms with van der Waals surface area (Å²) in [6, 6.07) is 7.04. The second-order valence-electron chi connectivity index (χ2n) is 8.00. The first-order valence-electron chi connectivity index (χ1n) is 10.5. The number of fused-ring (bicyclic) bond motifs is 1. The summed E-state index contributed by atoms with van der Waals surface area (Å²) in [6.45, 7) is 0.452. The van der Waals surface area contributed by atoms with Crippen molar-refractivity contribution in [1.29, 1.82) is 5.26 Å². The Morgan fingerprint density at radius 3 is 2.48 bits per heavy atom. The Morgan fingerprint density at radius 2 is 1.81 bits per heavy atom. The van der Waals surface area contributed by atoms with Crippen LogP contribution in [0, 0.1) is 23.1 Å². The first kappa shape index (κ1) is 21.9. The zero-order valence-corrected chi connectivity index (χ0v) is 18.7. The van der Waals surface area contributed by atoms with Gasteiger partial charge in [-0.1, -0.05) is 6.42 Å². The fourth-order valence-corrected chi connectivity index (χ4v) is 6.99. The molecule has 1 amide bonds. The van der Waals surface area contributed by atoms with Crippen molar-refractivity contribution in [2.24, 2.45) is 5.92 Å². The molecule has 0 saturated carbocycles. The van der Waals surface area contributed by atoms with E-state index in [1.807, 2.05) is 0 Å². The molecule has 1 saturated heterocycles. The molecule has 0 bridgehead atoms. The van der Waals surface area contributed by atoms with E-state index in [2.05, 4.69) is 11.4 Å². The molecule has 1 aliphatic heterocycles. The van der Waals surface area contributed by atoms with Crippen LogP contribution in [0.25, 0.3) is 0 Å². The average Bonchev–Trinajstić information content (AvgIpc) is 2.92. The lowest BCUT2D eigenvalue weighted by Crippen LogP contribution is -2.41. The molecule has 1 N–H and O–H groups in total. The number of anilines is 1. The van der Waals surface area contributed by atoms with Crippen LogP contribution in [0.1, 0.15) is 48.1 Å². The minimum Gasteiger partial charge on any atom is -0.316 e. The van der Waals surface area contributed by atoms with E-state index in [4.69, 9.17) is 0 Å². The summed E-state index contributed by atoms with van der Waals surface area (Å²) in [5.74, 6) is -0.961. The maximum absolute atomic E-state index is 13.1. The Balaban J connectivity index is 1.41. The largest absolute Gasteiger partial charge is 0.316 e. The molecule has 1 aromatic carbocycles. The molecular formula is C22H24FN3O3S2. The Hall–Kier alpha value is -2.28.